The van der Waals surface area contributed by atoms with Crippen molar-refractivity contribution in [2.24, 2.45) is 0 Å². The largest absolute Gasteiger partial charge is 0.411 e. The molecular formula is C21H23ClN2O2. The van der Waals surface area contributed by atoms with Gasteiger partial charge in [-0.3, -0.25) is 4.79 Å². The summed E-state index contributed by atoms with van der Waals surface area (Å²) in [6, 6.07) is 15.2. The molecule has 3 rings (SSSR count). The highest BCUT2D eigenvalue weighted by atomic mass is 35.5. The van der Waals surface area contributed by atoms with E-state index in [9.17, 15) is 4.79 Å². The van der Waals surface area contributed by atoms with Crippen LogP contribution >= 0.6 is 11.6 Å². The Balaban J connectivity index is 1.81. The van der Waals surface area contributed by atoms with Crippen molar-refractivity contribution in [1.82, 2.24) is 4.73 Å². The molecule has 0 saturated heterocycles. The van der Waals surface area contributed by atoms with Crippen molar-refractivity contribution >= 4 is 34.1 Å². The van der Waals surface area contributed by atoms with Crippen LogP contribution in [0.4, 0.5) is 5.69 Å². The van der Waals surface area contributed by atoms with Gasteiger partial charge >= 0.3 is 0 Å². The zero-order valence-electron chi connectivity index (χ0n) is 15.0. The van der Waals surface area contributed by atoms with Crippen molar-refractivity contribution in [2.45, 2.75) is 39.2 Å². The van der Waals surface area contributed by atoms with Crippen molar-refractivity contribution in [3.05, 3.63) is 65.3 Å². The number of hydrogen-bond donors (Lipinski definition) is 1. The van der Waals surface area contributed by atoms with Gasteiger partial charge in [0.2, 0.25) is 5.91 Å². The Kier molecular flexibility index (Phi) is 5.84. The van der Waals surface area contributed by atoms with E-state index in [4.69, 9.17) is 16.4 Å². The fourth-order valence-corrected chi connectivity index (χ4v) is 3.21. The Hall–Kier alpha value is -2.46. The molecule has 1 heterocycles. The van der Waals surface area contributed by atoms with Crippen LogP contribution in [0.5, 0.6) is 0 Å². The minimum atomic E-state index is -0.109. The quantitative estimate of drug-likeness (QED) is 0.629. The molecule has 0 spiro atoms. The van der Waals surface area contributed by atoms with Crippen molar-refractivity contribution in [3.63, 3.8) is 0 Å². The molecule has 0 bridgehead atoms. The van der Waals surface area contributed by atoms with Gasteiger partial charge in [-0.05, 0) is 37.1 Å². The van der Waals surface area contributed by atoms with Crippen molar-refractivity contribution in [2.75, 3.05) is 5.32 Å². The van der Waals surface area contributed by atoms with Crippen molar-refractivity contribution in [1.29, 1.82) is 0 Å². The van der Waals surface area contributed by atoms with Gasteiger partial charge in [-0.25, -0.2) is 0 Å². The van der Waals surface area contributed by atoms with E-state index < -0.39 is 0 Å². The molecule has 1 atom stereocenters. The molecule has 4 nitrogen and oxygen atoms in total. The highest BCUT2D eigenvalue weighted by Gasteiger charge is 2.14. The summed E-state index contributed by atoms with van der Waals surface area (Å²) in [5.41, 5.74) is 2.51. The first-order valence-electron chi connectivity index (χ1n) is 8.89. The summed E-state index contributed by atoms with van der Waals surface area (Å²) in [5.74, 6) is -0.109. The Morgan fingerprint density at radius 2 is 1.92 bits per heavy atom. The standard InChI is InChI=1S/C21H23ClN2O2/c1-3-8-15(2)26-24-14-16(17-9-4-7-12-20(17)24)13-21(25)23-19-11-6-5-10-18(19)22/h4-7,9-12,14-15H,3,8,13H2,1-2H3,(H,23,25). The van der Waals surface area contributed by atoms with Crippen LogP contribution in [0.3, 0.4) is 0 Å². The lowest BCUT2D eigenvalue weighted by Gasteiger charge is -2.14. The van der Waals surface area contributed by atoms with Crippen LogP contribution in [-0.2, 0) is 11.2 Å². The summed E-state index contributed by atoms with van der Waals surface area (Å²) >= 11 is 6.12. The number of amides is 1. The number of carbonyl (C=O) groups excluding carboxylic acids is 1. The summed E-state index contributed by atoms with van der Waals surface area (Å²) in [4.78, 5) is 18.5. The number of nitrogens with zero attached hydrogens (tertiary/aromatic N) is 1. The van der Waals surface area contributed by atoms with Crippen molar-refractivity contribution < 1.29 is 9.63 Å². The summed E-state index contributed by atoms with van der Waals surface area (Å²) in [6.07, 6.45) is 4.32. The molecule has 136 valence electrons. The predicted octanol–water partition coefficient (Wildman–Crippen LogP) is 5.09. The molecule has 0 aliphatic carbocycles. The molecule has 1 unspecified atom stereocenters. The monoisotopic (exact) mass is 370 g/mol. The lowest BCUT2D eigenvalue weighted by molar-refractivity contribution is -0.115. The Labute approximate surface area is 158 Å². The van der Waals surface area contributed by atoms with Gasteiger partial charge in [0.1, 0.15) is 6.10 Å². The smallest absolute Gasteiger partial charge is 0.228 e. The second kappa shape index (κ2) is 8.28. The number of benzene rings is 2. The third kappa shape index (κ3) is 4.20. The zero-order chi connectivity index (χ0) is 18.5. The van der Waals surface area contributed by atoms with E-state index in [1.165, 1.54) is 0 Å². The van der Waals surface area contributed by atoms with Crippen LogP contribution in [0.1, 0.15) is 32.3 Å². The van der Waals surface area contributed by atoms with Gasteiger partial charge < -0.3 is 10.2 Å². The summed E-state index contributed by atoms with van der Waals surface area (Å²) in [5, 5.41) is 4.42. The first-order chi connectivity index (χ1) is 12.6. The van der Waals surface area contributed by atoms with Gasteiger partial charge in [0.15, 0.2) is 0 Å². The molecule has 3 aromatic rings. The predicted molar refractivity (Wildman–Crippen MR) is 107 cm³/mol. The number of aromatic nitrogens is 1. The highest BCUT2D eigenvalue weighted by Crippen LogP contribution is 2.24. The first kappa shape index (κ1) is 18.3. The fourth-order valence-electron chi connectivity index (χ4n) is 3.03. The molecule has 0 aliphatic rings. The van der Waals surface area contributed by atoms with Gasteiger partial charge in [-0.2, -0.15) is 4.73 Å². The molecule has 0 radical (unpaired) electrons. The topological polar surface area (TPSA) is 43.3 Å². The number of hydrogen-bond acceptors (Lipinski definition) is 2. The first-order valence-corrected chi connectivity index (χ1v) is 9.26. The van der Waals surface area contributed by atoms with Crippen LogP contribution in [0.2, 0.25) is 5.02 Å². The summed E-state index contributed by atoms with van der Waals surface area (Å²) in [7, 11) is 0. The van der Waals surface area contributed by atoms with E-state index in [2.05, 4.69) is 19.2 Å². The average Bonchev–Trinajstić information content (AvgIpc) is 2.95. The SMILES string of the molecule is CCCC(C)On1cc(CC(=O)Nc2ccccc2Cl)c2ccccc21. The van der Waals surface area contributed by atoms with Gasteiger partial charge in [-0.15, -0.1) is 0 Å². The molecule has 1 aromatic heterocycles. The van der Waals surface area contributed by atoms with Gasteiger partial charge in [0.25, 0.3) is 0 Å². The third-order valence-electron chi connectivity index (χ3n) is 4.25. The number of fused-ring (bicyclic) bond motifs is 1. The lowest BCUT2D eigenvalue weighted by Crippen LogP contribution is -2.21. The minimum absolute atomic E-state index is 0.109. The summed E-state index contributed by atoms with van der Waals surface area (Å²) in [6.45, 7) is 4.19. The zero-order valence-corrected chi connectivity index (χ0v) is 15.8. The maximum atomic E-state index is 12.5. The van der Waals surface area contributed by atoms with Crippen LogP contribution in [-0.4, -0.2) is 16.7 Å². The van der Waals surface area contributed by atoms with Gasteiger partial charge in [0, 0.05) is 11.6 Å². The van der Waals surface area contributed by atoms with E-state index in [1.807, 2.05) is 42.6 Å². The third-order valence-corrected chi connectivity index (χ3v) is 4.58. The van der Waals surface area contributed by atoms with E-state index in [0.717, 1.165) is 29.3 Å². The molecule has 2 aromatic carbocycles. The maximum Gasteiger partial charge on any atom is 0.228 e. The normalized spacial score (nSPS) is 12.1. The van der Waals surface area contributed by atoms with Gasteiger partial charge in [-0.1, -0.05) is 55.3 Å². The Bertz CT molecular complexity index is 904. The van der Waals surface area contributed by atoms with Crippen molar-refractivity contribution in [3.8, 4) is 0 Å². The van der Waals surface area contributed by atoms with Crippen LogP contribution < -0.4 is 10.2 Å². The van der Waals surface area contributed by atoms with Crippen LogP contribution in [0.25, 0.3) is 10.9 Å². The maximum absolute atomic E-state index is 12.5. The van der Waals surface area contributed by atoms with E-state index in [0.29, 0.717) is 10.7 Å². The molecular weight excluding hydrogens is 348 g/mol. The number of anilines is 1. The van der Waals surface area contributed by atoms with E-state index in [-0.39, 0.29) is 18.4 Å². The molecule has 5 heteroatoms. The molecule has 0 fully saturated rings. The molecule has 26 heavy (non-hydrogen) atoms. The fraction of sp³-hybridized carbons (Fsp3) is 0.286. The number of nitrogens with one attached hydrogen (secondary N) is 1. The highest BCUT2D eigenvalue weighted by molar-refractivity contribution is 6.33. The second-order valence-electron chi connectivity index (χ2n) is 6.41. The molecule has 1 amide bonds. The van der Waals surface area contributed by atoms with Gasteiger partial charge in [0.05, 0.1) is 22.6 Å². The number of rotatable bonds is 7. The Morgan fingerprint density at radius 1 is 1.19 bits per heavy atom. The second-order valence-corrected chi connectivity index (χ2v) is 6.81. The number of halogens is 1. The Morgan fingerprint density at radius 3 is 2.69 bits per heavy atom. The molecule has 0 aliphatic heterocycles. The minimum Gasteiger partial charge on any atom is -0.411 e. The van der Waals surface area contributed by atoms with Crippen LogP contribution in [0, 0.1) is 0 Å². The van der Waals surface area contributed by atoms with E-state index >= 15 is 0 Å². The summed E-state index contributed by atoms with van der Waals surface area (Å²) < 4.78 is 1.79. The molecule has 1 N–H and O–H groups in total. The average molecular weight is 371 g/mol. The lowest BCUT2D eigenvalue weighted by atomic mass is 10.1. The number of carbonyl (C=O) groups is 1. The van der Waals surface area contributed by atoms with Crippen LogP contribution in [0.15, 0.2) is 54.7 Å². The van der Waals surface area contributed by atoms with E-state index in [1.54, 1.807) is 16.9 Å². The number of para-hydroxylation sites is 2. The molecule has 0 saturated carbocycles.